The zero-order valence-corrected chi connectivity index (χ0v) is 15.9. The van der Waals surface area contributed by atoms with Gasteiger partial charge in [0, 0.05) is 45.3 Å². The Hall–Kier alpha value is -1.83. The molecule has 0 saturated carbocycles. The Balaban J connectivity index is 1.58. The summed E-state index contributed by atoms with van der Waals surface area (Å²) in [7, 11) is 0. The van der Waals surface area contributed by atoms with Gasteiger partial charge >= 0.3 is 6.18 Å². The van der Waals surface area contributed by atoms with Gasteiger partial charge in [-0.1, -0.05) is 0 Å². The first-order chi connectivity index (χ1) is 12.8. The number of nitrogens with zero attached hydrogens (tertiary/aromatic N) is 4. The lowest BCUT2D eigenvalue weighted by atomic mass is 10.1. The van der Waals surface area contributed by atoms with Crippen molar-refractivity contribution >= 4 is 11.6 Å². The molecule has 1 atom stereocenters. The number of amides is 1. The molecule has 0 aromatic carbocycles. The largest absolute Gasteiger partial charge is 0.433 e. The smallest absolute Gasteiger partial charge is 0.369 e. The standard InChI is InChI=1S/C19H27F3N4O/c1-14(2)24-7-3-8-25(11-10-24)18(27)15-6-9-26(13-15)16-4-5-17(23-12-16)19(20,21)22/h4-5,12,14-15H,3,6-11,13H2,1-2H3/t15-/m0/s1. The normalized spacial score (nSPS) is 22.4. The molecule has 0 spiro atoms. The predicted molar refractivity (Wildman–Crippen MR) is 97.5 cm³/mol. The Morgan fingerprint density at radius 3 is 2.56 bits per heavy atom. The van der Waals surface area contributed by atoms with Crippen LogP contribution in [0, 0.1) is 5.92 Å². The highest BCUT2D eigenvalue weighted by Crippen LogP contribution is 2.30. The molecule has 1 aromatic rings. The SMILES string of the molecule is CC(C)N1CCCN(C(=O)[C@H]2CCN(c3ccc(C(F)(F)F)nc3)C2)CC1. The predicted octanol–water partition coefficient (Wildman–Crippen LogP) is 2.87. The van der Waals surface area contributed by atoms with Crippen LogP contribution >= 0.6 is 0 Å². The number of alkyl halides is 3. The van der Waals surface area contributed by atoms with Crippen molar-refractivity contribution in [3.8, 4) is 0 Å². The van der Waals surface area contributed by atoms with E-state index in [-0.39, 0.29) is 11.8 Å². The quantitative estimate of drug-likeness (QED) is 0.804. The molecule has 3 heterocycles. The highest BCUT2D eigenvalue weighted by molar-refractivity contribution is 5.80. The molecule has 2 aliphatic rings. The van der Waals surface area contributed by atoms with E-state index in [0.29, 0.717) is 24.8 Å². The fraction of sp³-hybridized carbons (Fsp3) is 0.684. The summed E-state index contributed by atoms with van der Waals surface area (Å²) in [6.07, 6.45) is -1.48. The van der Waals surface area contributed by atoms with E-state index in [1.807, 2.05) is 9.80 Å². The topological polar surface area (TPSA) is 39.7 Å². The maximum atomic E-state index is 12.9. The summed E-state index contributed by atoms with van der Waals surface area (Å²) in [4.78, 5) is 22.7. The van der Waals surface area contributed by atoms with Crippen LogP contribution in [0.25, 0.3) is 0 Å². The molecule has 2 aliphatic heterocycles. The molecule has 0 radical (unpaired) electrons. The second-order valence-electron chi connectivity index (χ2n) is 7.64. The summed E-state index contributed by atoms with van der Waals surface area (Å²) in [6, 6.07) is 2.92. The number of hydrogen-bond donors (Lipinski definition) is 0. The molecule has 0 unspecified atom stereocenters. The van der Waals surface area contributed by atoms with Gasteiger partial charge in [0.25, 0.3) is 0 Å². The molecule has 8 heteroatoms. The molecule has 0 aliphatic carbocycles. The molecule has 27 heavy (non-hydrogen) atoms. The molecule has 2 fully saturated rings. The van der Waals surface area contributed by atoms with Crippen LogP contribution in [0.1, 0.15) is 32.4 Å². The molecular weight excluding hydrogens is 357 g/mol. The second-order valence-corrected chi connectivity index (χ2v) is 7.64. The van der Waals surface area contributed by atoms with E-state index >= 15 is 0 Å². The van der Waals surface area contributed by atoms with Gasteiger partial charge in [0.2, 0.25) is 5.91 Å². The Morgan fingerprint density at radius 1 is 1.15 bits per heavy atom. The summed E-state index contributed by atoms with van der Waals surface area (Å²) < 4.78 is 38.0. The zero-order chi connectivity index (χ0) is 19.6. The third kappa shape index (κ3) is 4.72. The van der Waals surface area contributed by atoms with Gasteiger partial charge in [-0.3, -0.25) is 9.69 Å². The first-order valence-electron chi connectivity index (χ1n) is 9.56. The molecule has 1 aromatic heterocycles. The lowest BCUT2D eigenvalue weighted by Crippen LogP contribution is -2.40. The van der Waals surface area contributed by atoms with Gasteiger partial charge in [0.1, 0.15) is 5.69 Å². The van der Waals surface area contributed by atoms with Crippen LogP contribution in [0.4, 0.5) is 18.9 Å². The minimum Gasteiger partial charge on any atom is -0.369 e. The highest BCUT2D eigenvalue weighted by Gasteiger charge is 2.34. The van der Waals surface area contributed by atoms with Gasteiger partial charge in [-0.05, 0) is 38.8 Å². The highest BCUT2D eigenvalue weighted by atomic mass is 19.4. The van der Waals surface area contributed by atoms with Crippen LogP contribution in [0.5, 0.6) is 0 Å². The fourth-order valence-electron chi connectivity index (χ4n) is 3.87. The van der Waals surface area contributed by atoms with Crippen LogP contribution in [0.3, 0.4) is 0 Å². The van der Waals surface area contributed by atoms with Crippen molar-refractivity contribution in [1.82, 2.24) is 14.8 Å². The van der Waals surface area contributed by atoms with E-state index < -0.39 is 11.9 Å². The number of pyridine rings is 1. The number of rotatable bonds is 3. The Kier molecular flexibility index (Phi) is 5.93. The number of carbonyl (C=O) groups excluding carboxylic acids is 1. The van der Waals surface area contributed by atoms with Crippen LogP contribution in [0.15, 0.2) is 18.3 Å². The van der Waals surface area contributed by atoms with Crippen molar-refractivity contribution < 1.29 is 18.0 Å². The number of carbonyl (C=O) groups is 1. The van der Waals surface area contributed by atoms with Gasteiger partial charge in [-0.2, -0.15) is 13.2 Å². The summed E-state index contributed by atoms with van der Waals surface area (Å²) in [5.74, 6) is 0.0702. The van der Waals surface area contributed by atoms with E-state index in [1.54, 1.807) is 0 Å². The Morgan fingerprint density at radius 2 is 1.93 bits per heavy atom. The summed E-state index contributed by atoms with van der Waals surface area (Å²) >= 11 is 0. The van der Waals surface area contributed by atoms with Gasteiger partial charge in [-0.25, -0.2) is 4.98 Å². The maximum absolute atomic E-state index is 12.9. The Bertz CT molecular complexity index is 647. The first kappa shape index (κ1) is 19.9. The van der Waals surface area contributed by atoms with Gasteiger partial charge in [0.15, 0.2) is 0 Å². The fourth-order valence-corrected chi connectivity index (χ4v) is 3.87. The van der Waals surface area contributed by atoms with Crippen LogP contribution in [-0.2, 0) is 11.0 Å². The second kappa shape index (κ2) is 8.04. The zero-order valence-electron chi connectivity index (χ0n) is 15.9. The van der Waals surface area contributed by atoms with Crippen molar-refractivity contribution in [1.29, 1.82) is 0 Å². The van der Waals surface area contributed by atoms with E-state index in [1.165, 1.54) is 12.3 Å². The van der Waals surface area contributed by atoms with E-state index in [4.69, 9.17) is 0 Å². The van der Waals surface area contributed by atoms with Crippen LogP contribution in [-0.4, -0.2) is 66.0 Å². The number of aromatic nitrogens is 1. The van der Waals surface area contributed by atoms with Crippen molar-refractivity contribution in [2.75, 3.05) is 44.2 Å². The molecule has 5 nitrogen and oxygen atoms in total. The molecular formula is C19H27F3N4O. The summed E-state index contributed by atoms with van der Waals surface area (Å²) in [6.45, 7) is 8.97. The number of halogens is 3. The van der Waals surface area contributed by atoms with Crippen LogP contribution in [0.2, 0.25) is 0 Å². The van der Waals surface area contributed by atoms with E-state index in [9.17, 15) is 18.0 Å². The minimum absolute atomic E-state index is 0.0992. The third-order valence-electron chi connectivity index (χ3n) is 5.51. The number of hydrogen-bond acceptors (Lipinski definition) is 4. The molecule has 0 N–H and O–H groups in total. The average molecular weight is 384 g/mol. The molecule has 0 bridgehead atoms. The number of anilines is 1. The minimum atomic E-state index is -4.43. The molecule has 150 valence electrons. The lowest BCUT2D eigenvalue weighted by molar-refractivity contribution is -0.141. The monoisotopic (exact) mass is 384 g/mol. The van der Waals surface area contributed by atoms with Crippen molar-refractivity contribution in [3.05, 3.63) is 24.0 Å². The average Bonchev–Trinajstić information content (AvgIpc) is 2.98. The first-order valence-corrected chi connectivity index (χ1v) is 9.56. The molecule has 1 amide bonds. The van der Waals surface area contributed by atoms with E-state index in [2.05, 4.69) is 23.7 Å². The lowest BCUT2D eigenvalue weighted by Gasteiger charge is -2.26. The summed E-state index contributed by atoms with van der Waals surface area (Å²) in [5, 5.41) is 0. The van der Waals surface area contributed by atoms with Crippen LogP contribution < -0.4 is 4.90 Å². The van der Waals surface area contributed by atoms with Gasteiger partial charge in [0.05, 0.1) is 17.8 Å². The summed E-state index contributed by atoms with van der Waals surface area (Å²) in [5.41, 5.74) is -0.252. The van der Waals surface area contributed by atoms with Crippen molar-refractivity contribution in [2.24, 2.45) is 5.92 Å². The molecule has 3 rings (SSSR count). The van der Waals surface area contributed by atoms with Gasteiger partial charge < -0.3 is 9.80 Å². The van der Waals surface area contributed by atoms with Crippen molar-refractivity contribution in [3.63, 3.8) is 0 Å². The van der Waals surface area contributed by atoms with Crippen molar-refractivity contribution in [2.45, 2.75) is 38.9 Å². The van der Waals surface area contributed by atoms with Gasteiger partial charge in [-0.15, -0.1) is 0 Å². The van der Waals surface area contributed by atoms with E-state index in [0.717, 1.165) is 45.1 Å². The Labute approximate surface area is 158 Å². The maximum Gasteiger partial charge on any atom is 0.433 e. The third-order valence-corrected chi connectivity index (χ3v) is 5.51. The molecule has 2 saturated heterocycles.